The van der Waals surface area contributed by atoms with Crippen molar-refractivity contribution < 1.29 is 0 Å². The van der Waals surface area contributed by atoms with Gasteiger partial charge in [-0.25, -0.2) is 0 Å². The van der Waals surface area contributed by atoms with Gasteiger partial charge in [0.15, 0.2) is 0 Å². The first-order valence-corrected chi connectivity index (χ1v) is 10.8. The van der Waals surface area contributed by atoms with E-state index in [0.29, 0.717) is 0 Å². The van der Waals surface area contributed by atoms with Gasteiger partial charge in [0, 0.05) is 22.2 Å². The second-order valence-electron chi connectivity index (χ2n) is 9.29. The summed E-state index contributed by atoms with van der Waals surface area (Å²) < 4.78 is 0. The molecule has 1 aromatic heterocycles. The molecule has 0 aliphatic heterocycles. The van der Waals surface area contributed by atoms with Crippen LogP contribution in [0.2, 0.25) is 0 Å². The largest absolute Gasteiger partial charge is 0.255 e. The lowest BCUT2D eigenvalue weighted by molar-refractivity contribution is 0.591. The van der Waals surface area contributed by atoms with Crippen molar-refractivity contribution in [1.29, 1.82) is 0 Å². The van der Waals surface area contributed by atoms with E-state index >= 15 is 0 Å². The van der Waals surface area contributed by atoms with E-state index < -0.39 is 0 Å². The highest BCUT2D eigenvalue weighted by Gasteiger charge is 2.17. The van der Waals surface area contributed by atoms with Crippen LogP contribution in [-0.4, -0.2) is 12.4 Å². The average molecular weight is 403 g/mol. The Balaban J connectivity index is 1.80. The Labute approximate surface area is 179 Å². The summed E-state index contributed by atoms with van der Waals surface area (Å²) in [5.74, 6) is 0. The third-order valence-corrected chi connectivity index (χ3v) is 5.69. The number of benzene rings is 2. The zero-order valence-corrected chi connectivity index (χ0v) is 19.0. The van der Waals surface area contributed by atoms with Crippen LogP contribution in [0.4, 0.5) is 11.4 Å². The smallest absolute Gasteiger partial charge is 0.0667 e. The second-order valence-corrected chi connectivity index (χ2v) is 10.4. The molecule has 0 saturated carbocycles. The van der Waals surface area contributed by atoms with Gasteiger partial charge in [-0.15, -0.1) is 11.3 Å². The number of nitrogens with zero attached hydrogens (tertiary/aromatic N) is 2. The van der Waals surface area contributed by atoms with Gasteiger partial charge in [-0.1, -0.05) is 77.9 Å². The SMILES string of the molecule is CC(C)(C)c1ccccc1N=Cc1ccc(C=Nc2ccccc2C(C)(C)C)s1. The van der Waals surface area contributed by atoms with Crippen LogP contribution in [0.1, 0.15) is 62.4 Å². The monoisotopic (exact) mass is 402 g/mol. The molecule has 0 unspecified atom stereocenters. The summed E-state index contributed by atoms with van der Waals surface area (Å²) in [6.45, 7) is 13.3. The number of thiophene rings is 1. The molecular formula is C26H30N2S. The Morgan fingerprint density at radius 1 is 0.586 bits per heavy atom. The van der Waals surface area contributed by atoms with Gasteiger partial charge in [0.25, 0.3) is 0 Å². The minimum atomic E-state index is 0.0711. The van der Waals surface area contributed by atoms with Gasteiger partial charge in [0.1, 0.15) is 0 Å². The van der Waals surface area contributed by atoms with E-state index in [1.54, 1.807) is 11.3 Å². The van der Waals surface area contributed by atoms with Crippen molar-refractivity contribution in [2.45, 2.75) is 52.4 Å². The van der Waals surface area contributed by atoms with Gasteiger partial charge in [0.05, 0.1) is 11.4 Å². The zero-order chi connectivity index (χ0) is 21.1. The number of hydrogen-bond donors (Lipinski definition) is 0. The molecule has 0 saturated heterocycles. The van der Waals surface area contributed by atoms with Crippen molar-refractivity contribution in [1.82, 2.24) is 0 Å². The summed E-state index contributed by atoms with van der Waals surface area (Å²) in [7, 11) is 0. The lowest BCUT2D eigenvalue weighted by atomic mass is 9.86. The van der Waals surface area contributed by atoms with E-state index in [1.165, 1.54) is 11.1 Å². The van der Waals surface area contributed by atoms with E-state index in [-0.39, 0.29) is 10.8 Å². The van der Waals surface area contributed by atoms with Crippen LogP contribution in [0, 0.1) is 0 Å². The van der Waals surface area contributed by atoms with Crippen molar-refractivity contribution in [3.05, 3.63) is 81.5 Å². The Morgan fingerprint density at radius 3 is 1.34 bits per heavy atom. The normalized spacial score (nSPS) is 12.9. The minimum absolute atomic E-state index is 0.0711. The summed E-state index contributed by atoms with van der Waals surface area (Å²) in [5.41, 5.74) is 4.72. The van der Waals surface area contributed by atoms with Crippen LogP contribution >= 0.6 is 11.3 Å². The summed E-state index contributed by atoms with van der Waals surface area (Å²) in [4.78, 5) is 11.8. The van der Waals surface area contributed by atoms with E-state index in [1.807, 2.05) is 24.6 Å². The van der Waals surface area contributed by atoms with Gasteiger partial charge in [-0.3, -0.25) is 9.98 Å². The quantitative estimate of drug-likeness (QED) is 0.397. The van der Waals surface area contributed by atoms with Crippen LogP contribution < -0.4 is 0 Å². The molecule has 0 atom stereocenters. The Hall–Kier alpha value is -2.52. The zero-order valence-electron chi connectivity index (χ0n) is 18.2. The Morgan fingerprint density at radius 2 is 0.966 bits per heavy atom. The van der Waals surface area contributed by atoms with E-state index in [9.17, 15) is 0 Å². The Kier molecular flexibility index (Phi) is 6.18. The van der Waals surface area contributed by atoms with Crippen molar-refractivity contribution in [3.8, 4) is 0 Å². The van der Waals surface area contributed by atoms with Gasteiger partial charge in [-0.05, 0) is 46.2 Å². The Bertz CT molecular complexity index is 945. The van der Waals surface area contributed by atoms with Crippen LogP contribution in [0.5, 0.6) is 0 Å². The maximum Gasteiger partial charge on any atom is 0.0667 e. The van der Waals surface area contributed by atoms with Crippen LogP contribution in [-0.2, 0) is 10.8 Å². The molecule has 0 radical (unpaired) electrons. The van der Waals surface area contributed by atoms with E-state index in [2.05, 4.69) is 90.1 Å². The maximum atomic E-state index is 4.76. The molecule has 1 heterocycles. The molecule has 0 spiro atoms. The molecule has 0 fully saturated rings. The fourth-order valence-electron chi connectivity index (χ4n) is 3.21. The molecule has 0 amide bonds. The molecule has 3 aromatic rings. The lowest BCUT2D eigenvalue weighted by Crippen LogP contribution is -2.10. The van der Waals surface area contributed by atoms with Crippen molar-refractivity contribution in [2.24, 2.45) is 9.98 Å². The summed E-state index contributed by atoms with van der Waals surface area (Å²) >= 11 is 1.70. The highest BCUT2D eigenvalue weighted by Crippen LogP contribution is 2.32. The number of aliphatic imine (C=N–C) groups is 2. The van der Waals surface area contributed by atoms with Gasteiger partial charge in [-0.2, -0.15) is 0 Å². The molecule has 2 nitrogen and oxygen atoms in total. The maximum absolute atomic E-state index is 4.76. The molecule has 0 aliphatic rings. The standard InChI is InChI=1S/C26H30N2S/c1-25(2,3)21-11-7-9-13-23(21)27-17-19-15-16-20(29-19)18-28-24-14-10-8-12-22(24)26(4,5)6/h7-18H,1-6H3. The van der Waals surface area contributed by atoms with Gasteiger partial charge in [0.2, 0.25) is 0 Å². The predicted molar refractivity (Wildman–Crippen MR) is 129 cm³/mol. The van der Waals surface area contributed by atoms with Crippen molar-refractivity contribution >= 4 is 35.1 Å². The highest BCUT2D eigenvalue weighted by molar-refractivity contribution is 7.15. The topological polar surface area (TPSA) is 24.7 Å². The van der Waals surface area contributed by atoms with Crippen LogP contribution in [0.3, 0.4) is 0 Å². The van der Waals surface area contributed by atoms with Crippen LogP contribution in [0.15, 0.2) is 70.6 Å². The average Bonchev–Trinajstić information content (AvgIpc) is 3.11. The molecular weight excluding hydrogens is 372 g/mol. The molecule has 29 heavy (non-hydrogen) atoms. The molecule has 0 N–H and O–H groups in total. The second kappa shape index (κ2) is 8.46. The number of rotatable bonds is 4. The molecule has 3 heteroatoms. The van der Waals surface area contributed by atoms with Crippen molar-refractivity contribution in [3.63, 3.8) is 0 Å². The summed E-state index contributed by atoms with van der Waals surface area (Å²) in [6, 6.07) is 20.9. The third kappa shape index (κ3) is 5.51. The van der Waals surface area contributed by atoms with Crippen LogP contribution in [0.25, 0.3) is 0 Å². The fourth-order valence-corrected chi connectivity index (χ4v) is 3.97. The molecule has 150 valence electrons. The first kappa shape index (κ1) is 21.2. The molecule has 2 aromatic carbocycles. The summed E-state index contributed by atoms with van der Waals surface area (Å²) in [5, 5.41) is 0. The fraction of sp³-hybridized carbons (Fsp3) is 0.308. The van der Waals surface area contributed by atoms with E-state index in [0.717, 1.165) is 21.1 Å². The molecule has 3 rings (SSSR count). The number of hydrogen-bond acceptors (Lipinski definition) is 3. The molecule has 0 aliphatic carbocycles. The first-order chi connectivity index (χ1) is 13.6. The lowest BCUT2D eigenvalue weighted by Gasteiger charge is -2.20. The minimum Gasteiger partial charge on any atom is -0.255 e. The van der Waals surface area contributed by atoms with Gasteiger partial charge < -0.3 is 0 Å². The van der Waals surface area contributed by atoms with Gasteiger partial charge >= 0.3 is 0 Å². The van der Waals surface area contributed by atoms with Crippen molar-refractivity contribution in [2.75, 3.05) is 0 Å². The van der Waals surface area contributed by atoms with E-state index in [4.69, 9.17) is 9.98 Å². The molecule has 0 bridgehead atoms. The highest BCUT2D eigenvalue weighted by atomic mass is 32.1. The number of para-hydroxylation sites is 2. The third-order valence-electron chi connectivity index (χ3n) is 4.73. The predicted octanol–water partition coefficient (Wildman–Crippen LogP) is 7.84. The summed E-state index contributed by atoms with van der Waals surface area (Å²) in [6.07, 6.45) is 3.91. The first-order valence-electron chi connectivity index (χ1n) is 10.0.